The van der Waals surface area contributed by atoms with Gasteiger partial charge < -0.3 is 10.5 Å². The minimum Gasteiger partial charge on any atom is -0.380 e. The Labute approximate surface area is 118 Å². The molecule has 0 saturated carbocycles. The molecular formula is C15H22F2N2O. The van der Waals surface area contributed by atoms with Crippen molar-refractivity contribution in [2.75, 3.05) is 26.7 Å². The SMILES string of the molecule is COC1CN(C(CN)c2cccc(F)c2F)CCC1C. The number of rotatable bonds is 4. The van der Waals surface area contributed by atoms with Gasteiger partial charge in [0.05, 0.1) is 12.1 Å². The van der Waals surface area contributed by atoms with Gasteiger partial charge in [0.2, 0.25) is 0 Å². The van der Waals surface area contributed by atoms with Gasteiger partial charge in [-0.3, -0.25) is 4.90 Å². The average Bonchev–Trinajstić information content (AvgIpc) is 2.45. The molecule has 20 heavy (non-hydrogen) atoms. The van der Waals surface area contributed by atoms with Gasteiger partial charge in [0.25, 0.3) is 0 Å². The zero-order valence-electron chi connectivity index (χ0n) is 12.0. The summed E-state index contributed by atoms with van der Waals surface area (Å²) in [6.45, 7) is 3.91. The Morgan fingerprint density at radius 1 is 1.45 bits per heavy atom. The molecule has 1 aromatic carbocycles. The molecule has 1 aliphatic rings. The van der Waals surface area contributed by atoms with E-state index in [0.29, 0.717) is 18.0 Å². The number of hydrogen-bond donors (Lipinski definition) is 1. The maximum atomic E-state index is 14.0. The molecular weight excluding hydrogens is 262 g/mol. The summed E-state index contributed by atoms with van der Waals surface area (Å²) in [7, 11) is 1.69. The third kappa shape index (κ3) is 3.00. The van der Waals surface area contributed by atoms with Gasteiger partial charge in [0.15, 0.2) is 11.6 Å². The van der Waals surface area contributed by atoms with Crippen LogP contribution in [0.5, 0.6) is 0 Å². The van der Waals surface area contributed by atoms with Gasteiger partial charge in [0, 0.05) is 25.8 Å². The first-order valence-electron chi connectivity index (χ1n) is 6.99. The van der Waals surface area contributed by atoms with Crippen molar-refractivity contribution in [2.24, 2.45) is 11.7 Å². The van der Waals surface area contributed by atoms with Crippen molar-refractivity contribution in [2.45, 2.75) is 25.5 Å². The van der Waals surface area contributed by atoms with Crippen LogP contribution in [-0.4, -0.2) is 37.7 Å². The van der Waals surface area contributed by atoms with Crippen LogP contribution in [0.25, 0.3) is 0 Å². The van der Waals surface area contributed by atoms with Crippen molar-refractivity contribution in [3.63, 3.8) is 0 Å². The summed E-state index contributed by atoms with van der Waals surface area (Å²) < 4.78 is 32.8. The molecule has 1 fully saturated rings. The summed E-state index contributed by atoms with van der Waals surface area (Å²) in [6, 6.07) is 3.95. The number of likely N-dealkylation sites (tertiary alicyclic amines) is 1. The molecule has 3 unspecified atom stereocenters. The second-order valence-corrected chi connectivity index (χ2v) is 5.43. The number of nitrogens with two attached hydrogens (primary N) is 1. The first-order chi connectivity index (χ1) is 9.58. The Kier molecular flexibility index (Phi) is 5.07. The maximum Gasteiger partial charge on any atom is 0.163 e. The van der Waals surface area contributed by atoms with Gasteiger partial charge in [-0.15, -0.1) is 0 Å². The van der Waals surface area contributed by atoms with Gasteiger partial charge in [0.1, 0.15) is 0 Å². The molecule has 1 aliphatic heterocycles. The van der Waals surface area contributed by atoms with Gasteiger partial charge in [-0.05, 0) is 24.9 Å². The lowest BCUT2D eigenvalue weighted by atomic mass is 9.93. The Morgan fingerprint density at radius 3 is 2.85 bits per heavy atom. The molecule has 1 saturated heterocycles. The number of hydrogen-bond acceptors (Lipinski definition) is 3. The maximum absolute atomic E-state index is 14.0. The highest BCUT2D eigenvalue weighted by atomic mass is 19.2. The summed E-state index contributed by atoms with van der Waals surface area (Å²) in [5.74, 6) is -1.16. The zero-order chi connectivity index (χ0) is 14.7. The molecule has 2 N–H and O–H groups in total. The van der Waals surface area contributed by atoms with E-state index in [9.17, 15) is 8.78 Å². The minimum atomic E-state index is -0.824. The highest BCUT2D eigenvalue weighted by Gasteiger charge is 2.31. The van der Waals surface area contributed by atoms with Crippen LogP contribution in [0.2, 0.25) is 0 Å². The number of halogens is 2. The Morgan fingerprint density at radius 2 is 2.20 bits per heavy atom. The van der Waals surface area contributed by atoms with Crippen LogP contribution < -0.4 is 5.73 Å². The van der Waals surface area contributed by atoms with Crippen LogP contribution in [-0.2, 0) is 4.74 Å². The van der Waals surface area contributed by atoms with Crippen molar-refractivity contribution in [1.82, 2.24) is 4.90 Å². The van der Waals surface area contributed by atoms with E-state index in [-0.39, 0.29) is 18.7 Å². The minimum absolute atomic E-state index is 0.106. The number of methoxy groups -OCH3 is 1. The van der Waals surface area contributed by atoms with Gasteiger partial charge in [-0.25, -0.2) is 8.78 Å². The average molecular weight is 284 g/mol. The predicted molar refractivity (Wildman–Crippen MR) is 74.3 cm³/mol. The molecule has 0 radical (unpaired) electrons. The molecule has 0 spiro atoms. The molecule has 2 rings (SSSR count). The summed E-state index contributed by atoms with van der Waals surface area (Å²) in [4.78, 5) is 2.09. The monoisotopic (exact) mass is 284 g/mol. The fourth-order valence-electron chi connectivity index (χ4n) is 2.90. The van der Waals surface area contributed by atoms with Crippen molar-refractivity contribution >= 4 is 0 Å². The molecule has 112 valence electrons. The summed E-state index contributed by atoms with van der Waals surface area (Å²) in [5.41, 5.74) is 6.14. The zero-order valence-corrected chi connectivity index (χ0v) is 12.0. The van der Waals surface area contributed by atoms with Crippen molar-refractivity contribution in [3.05, 3.63) is 35.4 Å². The Balaban J connectivity index is 2.22. The highest BCUT2D eigenvalue weighted by Crippen LogP contribution is 2.29. The van der Waals surface area contributed by atoms with E-state index in [1.54, 1.807) is 13.2 Å². The molecule has 0 bridgehead atoms. The van der Waals surface area contributed by atoms with E-state index in [1.165, 1.54) is 6.07 Å². The van der Waals surface area contributed by atoms with E-state index in [4.69, 9.17) is 10.5 Å². The lowest BCUT2D eigenvalue weighted by Crippen LogP contribution is -2.47. The fourth-order valence-corrected chi connectivity index (χ4v) is 2.90. The van der Waals surface area contributed by atoms with Crippen LogP contribution in [0.3, 0.4) is 0 Å². The Bertz CT molecular complexity index is 455. The third-order valence-corrected chi connectivity index (χ3v) is 4.23. The Hall–Kier alpha value is -1.04. The largest absolute Gasteiger partial charge is 0.380 e. The molecule has 3 nitrogen and oxygen atoms in total. The van der Waals surface area contributed by atoms with Crippen LogP contribution >= 0.6 is 0 Å². The standard InChI is InChI=1S/C15H22F2N2O/c1-10-6-7-19(9-14(10)20-2)13(8-18)11-4-3-5-12(16)15(11)17/h3-5,10,13-14H,6-9,18H2,1-2H3. The number of benzene rings is 1. The van der Waals surface area contributed by atoms with E-state index >= 15 is 0 Å². The molecule has 0 aromatic heterocycles. The molecule has 0 aliphatic carbocycles. The van der Waals surface area contributed by atoms with Crippen molar-refractivity contribution in [1.29, 1.82) is 0 Å². The van der Waals surface area contributed by atoms with E-state index in [1.807, 2.05) is 0 Å². The molecule has 5 heteroatoms. The third-order valence-electron chi connectivity index (χ3n) is 4.23. The normalized spacial score (nSPS) is 25.6. The lowest BCUT2D eigenvalue weighted by molar-refractivity contribution is -0.0188. The first-order valence-corrected chi connectivity index (χ1v) is 6.99. The number of nitrogens with zero attached hydrogens (tertiary/aromatic N) is 1. The van der Waals surface area contributed by atoms with Gasteiger partial charge in [-0.2, -0.15) is 0 Å². The number of ether oxygens (including phenoxy) is 1. The van der Waals surface area contributed by atoms with Crippen molar-refractivity contribution in [3.8, 4) is 0 Å². The summed E-state index contributed by atoms with van der Waals surface area (Å²) >= 11 is 0. The molecule has 3 atom stereocenters. The van der Waals surface area contributed by atoms with Crippen LogP contribution in [0, 0.1) is 17.6 Å². The second kappa shape index (κ2) is 6.61. The van der Waals surface area contributed by atoms with E-state index in [0.717, 1.165) is 19.0 Å². The summed E-state index contributed by atoms with van der Waals surface area (Å²) in [5, 5.41) is 0. The van der Waals surface area contributed by atoms with Crippen LogP contribution in [0.4, 0.5) is 8.78 Å². The van der Waals surface area contributed by atoms with Gasteiger partial charge >= 0.3 is 0 Å². The van der Waals surface area contributed by atoms with Crippen LogP contribution in [0.15, 0.2) is 18.2 Å². The quantitative estimate of drug-likeness (QED) is 0.922. The summed E-state index contributed by atoms with van der Waals surface area (Å²) in [6.07, 6.45) is 1.07. The fraction of sp³-hybridized carbons (Fsp3) is 0.600. The molecule has 1 aromatic rings. The van der Waals surface area contributed by atoms with Crippen molar-refractivity contribution < 1.29 is 13.5 Å². The smallest absolute Gasteiger partial charge is 0.163 e. The highest BCUT2D eigenvalue weighted by molar-refractivity contribution is 5.23. The van der Waals surface area contributed by atoms with Gasteiger partial charge in [-0.1, -0.05) is 19.1 Å². The molecule has 0 amide bonds. The van der Waals surface area contributed by atoms with E-state index in [2.05, 4.69) is 11.8 Å². The number of piperidine rings is 1. The van der Waals surface area contributed by atoms with E-state index < -0.39 is 11.6 Å². The molecule has 1 heterocycles. The predicted octanol–water partition coefficient (Wildman–Crippen LogP) is 2.32. The first kappa shape index (κ1) is 15.4. The second-order valence-electron chi connectivity index (χ2n) is 5.43. The van der Waals surface area contributed by atoms with Crippen LogP contribution in [0.1, 0.15) is 24.9 Å². The lowest BCUT2D eigenvalue weighted by Gasteiger charge is -2.40. The topological polar surface area (TPSA) is 38.5 Å².